The van der Waals surface area contributed by atoms with Gasteiger partial charge in [0.25, 0.3) is 5.91 Å². The average molecular weight is 346 g/mol. The molecule has 132 valence electrons. The first-order valence-electron chi connectivity index (χ1n) is 7.97. The second-order valence-corrected chi connectivity index (χ2v) is 6.07. The van der Waals surface area contributed by atoms with Crippen LogP contribution in [0.1, 0.15) is 26.4 Å². The van der Waals surface area contributed by atoms with E-state index >= 15 is 0 Å². The number of carboxylic acid groups (broad SMARTS) is 1. The van der Waals surface area contributed by atoms with E-state index in [1.165, 1.54) is 23.0 Å². The zero-order chi connectivity index (χ0) is 18.0. The highest BCUT2D eigenvalue weighted by molar-refractivity contribution is 6.03. The molecule has 1 saturated heterocycles. The van der Waals surface area contributed by atoms with Gasteiger partial charge in [-0.1, -0.05) is 12.1 Å². The van der Waals surface area contributed by atoms with Gasteiger partial charge in [0.15, 0.2) is 5.69 Å². The predicted octanol–water partition coefficient (Wildman–Crippen LogP) is 1.22. The first-order valence-corrected chi connectivity index (χ1v) is 7.97. The molecule has 0 radical (unpaired) electrons. The lowest BCUT2D eigenvalue weighted by molar-refractivity contribution is 0.0608. The van der Waals surface area contributed by atoms with Crippen LogP contribution in [0.2, 0.25) is 0 Å². The quantitative estimate of drug-likeness (QED) is 0.900. The van der Waals surface area contributed by atoms with Crippen LogP contribution in [0.25, 0.3) is 0 Å². The zero-order valence-electron chi connectivity index (χ0n) is 13.9. The maximum Gasteiger partial charge on any atom is 0.357 e. The van der Waals surface area contributed by atoms with E-state index in [9.17, 15) is 14.0 Å². The largest absolute Gasteiger partial charge is 0.476 e. The molecule has 1 aromatic carbocycles. The Morgan fingerprint density at radius 2 is 1.96 bits per heavy atom. The van der Waals surface area contributed by atoms with E-state index in [-0.39, 0.29) is 23.0 Å². The van der Waals surface area contributed by atoms with Crippen molar-refractivity contribution in [3.8, 4) is 0 Å². The molecule has 0 unspecified atom stereocenters. The Hall–Kier alpha value is -2.74. The Morgan fingerprint density at radius 3 is 2.60 bits per heavy atom. The monoisotopic (exact) mass is 346 g/mol. The van der Waals surface area contributed by atoms with Gasteiger partial charge in [0.2, 0.25) is 0 Å². The lowest BCUT2D eigenvalue weighted by Gasteiger charge is -2.34. The summed E-state index contributed by atoms with van der Waals surface area (Å²) >= 11 is 0. The third kappa shape index (κ3) is 3.85. The second-order valence-electron chi connectivity index (χ2n) is 6.07. The number of rotatable bonds is 4. The molecule has 2 aromatic rings. The molecule has 0 spiro atoms. The first kappa shape index (κ1) is 17.1. The number of hydrogen-bond donors (Lipinski definition) is 1. The van der Waals surface area contributed by atoms with Crippen LogP contribution in [0.15, 0.2) is 30.5 Å². The molecule has 7 nitrogen and oxygen atoms in total. The van der Waals surface area contributed by atoms with Gasteiger partial charge in [-0.15, -0.1) is 0 Å². The number of carboxylic acids is 1. The molecule has 1 aliphatic heterocycles. The van der Waals surface area contributed by atoms with Crippen molar-refractivity contribution in [2.24, 2.45) is 7.05 Å². The maximum absolute atomic E-state index is 13.3. The number of carbonyl (C=O) groups excluding carboxylic acids is 1. The number of piperazine rings is 1. The zero-order valence-corrected chi connectivity index (χ0v) is 13.9. The summed E-state index contributed by atoms with van der Waals surface area (Å²) in [6.45, 7) is 2.88. The molecule has 3 rings (SSSR count). The molecule has 1 N–H and O–H groups in total. The summed E-state index contributed by atoms with van der Waals surface area (Å²) in [6, 6.07) is 6.47. The number of halogens is 1. The standard InChI is InChI=1S/C17H19FN4O3/c1-20-11-14(15(19-20)17(24)25)16(23)22-7-5-21(6-8-22)10-12-3-2-4-13(18)9-12/h2-4,9,11H,5-8,10H2,1H3,(H,24,25). The van der Waals surface area contributed by atoms with Crippen molar-refractivity contribution >= 4 is 11.9 Å². The lowest BCUT2D eigenvalue weighted by atomic mass is 10.1. The van der Waals surface area contributed by atoms with Crippen LogP contribution < -0.4 is 0 Å². The Balaban J connectivity index is 1.62. The number of aromatic nitrogens is 2. The topological polar surface area (TPSA) is 78.7 Å². The Kier molecular flexibility index (Phi) is 4.80. The van der Waals surface area contributed by atoms with Gasteiger partial charge < -0.3 is 10.0 Å². The van der Waals surface area contributed by atoms with Gasteiger partial charge in [0.1, 0.15) is 5.82 Å². The molecule has 0 bridgehead atoms. The summed E-state index contributed by atoms with van der Waals surface area (Å²) in [5.74, 6) is -1.80. The number of carbonyl (C=O) groups is 2. The van der Waals surface area contributed by atoms with Gasteiger partial charge in [-0.2, -0.15) is 5.10 Å². The fourth-order valence-corrected chi connectivity index (χ4v) is 2.98. The van der Waals surface area contributed by atoms with Crippen molar-refractivity contribution in [3.63, 3.8) is 0 Å². The Bertz CT molecular complexity index is 797. The molecule has 1 fully saturated rings. The van der Waals surface area contributed by atoms with Crippen molar-refractivity contribution in [2.45, 2.75) is 6.54 Å². The van der Waals surface area contributed by atoms with Gasteiger partial charge in [0.05, 0.1) is 5.56 Å². The van der Waals surface area contributed by atoms with Crippen LogP contribution in [0.4, 0.5) is 4.39 Å². The summed E-state index contributed by atoms with van der Waals surface area (Å²) in [7, 11) is 1.58. The third-order valence-corrected chi connectivity index (χ3v) is 4.22. The van der Waals surface area contributed by atoms with Crippen LogP contribution in [0.5, 0.6) is 0 Å². The van der Waals surface area contributed by atoms with E-state index in [1.54, 1.807) is 18.0 Å². The van der Waals surface area contributed by atoms with E-state index in [2.05, 4.69) is 10.00 Å². The van der Waals surface area contributed by atoms with Gasteiger partial charge in [-0.25, -0.2) is 9.18 Å². The molecule has 2 heterocycles. The highest BCUT2D eigenvalue weighted by atomic mass is 19.1. The van der Waals surface area contributed by atoms with Crippen LogP contribution in [0.3, 0.4) is 0 Å². The molecular weight excluding hydrogens is 327 g/mol. The van der Waals surface area contributed by atoms with Gasteiger partial charge >= 0.3 is 5.97 Å². The first-order chi connectivity index (χ1) is 11.9. The van der Waals surface area contributed by atoms with Crippen molar-refractivity contribution in [2.75, 3.05) is 26.2 Å². The molecule has 0 atom stereocenters. The van der Waals surface area contributed by atoms with Crippen LogP contribution in [-0.4, -0.2) is 62.7 Å². The van der Waals surface area contributed by atoms with Gasteiger partial charge in [-0.05, 0) is 17.7 Å². The summed E-state index contributed by atoms with van der Waals surface area (Å²) < 4.78 is 14.6. The van der Waals surface area contributed by atoms with Gasteiger partial charge in [0, 0.05) is 46.0 Å². The number of aromatic carboxylic acids is 1. The average Bonchev–Trinajstić information content (AvgIpc) is 2.97. The van der Waals surface area contributed by atoms with Gasteiger partial charge in [-0.3, -0.25) is 14.4 Å². The molecule has 8 heteroatoms. The minimum atomic E-state index is -1.21. The molecule has 1 amide bonds. The SMILES string of the molecule is Cn1cc(C(=O)N2CCN(Cc3cccc(F)c3)CC2)c(C(=O)O)n1. The van der Waals surface area contributed by atoms with Crippen LogP contribution >= 0.6 is 0 Å². The van der Waals surface area contributed by atoms with Crippen molar-refractivity contribution in [3.05, 3.63) is 53.1 Å². The van der Waals surface area contributed by atoms with Crippen molar-refractivity contribution < 1.29 is 19.1 Å². The van der Waals surface area contributed by atoms with E-state index in [1.807, 2.05) is 6.07 Å². The van der Waals surface area contributed by atoms with Crippen molar-refractivity contribution in [1.29, 1.82) is 0 Å². The number of nitrogens with zero attached hydrogens (tertiary/aromatic N) is 4. The fraction of sp³-hybridized carbons (Fsp3) is 0.353. The lowest BCUT2D eigenvalue weighted by Crippen LogP contribution is -2.48. The minimum absolute atomic E-state index is 0.105. The summed E-state index contributed by atoms with van der Waals surface area (Å²) in [4.78, 5) is 27.6. The number of benzene rings is 1. The number of aryl methyl sites for hydroxylation is 1. The molecule has 25 heavy (non-hydrogen) atoms. The van der Waals surface area contributed by atoms with Crippen LogP contribution in [-0.2, 0) is 13.6 Å². The summed E-state index contributed by atoms with van der Waals surface area (Å²) in [6.07, 6.45) is 1.44. The smallest absolute Gasteiger partial charge is 0.357 e. The molecular formula is C17H19FN4O3. The highest BCUT2D eigenvalue weighted by Crippen LogP contribution is 2.14. The van der Waals surface area contributed by atoms with E-state index in [0.717, 1.165) is 5.56 Å². The normalized spacial score (nSPS) is 15.4. The number of hydrogen-bond acceptors (Lipinski definition) is 4. The molecule has 0 saturated carbocycles. The van der Waals surface area contributed by atoms with E-state index in [0.29, 0.717) is 32.7 Å². The second kappa shape index (κ2) is 7.02. The third-order valence-electron chi connectivity index (χ3n) is 4.22. The molecule has 1 aromatic heterocycles. The van der Waals surface area contributed by atoms with E-state index < -0.39 is 5.97 Å². The van der Waals surface area contributed by atoms with Crippen molar-refractivity contribution in [1.82, 2.24) is 19.6 Å². The Labute approximate surface area is 144 Å². The number of amides is 1. The minimum Gasteiger partial charge on any atom is -0.476 e. The summed E-state index contributed by atoms with van der Waals surface area (Å²) in [5, 5.41) is 13.0. The molecule has 1 aliphatic rings. The van der Waals surface area contributed by atoms with Crippen LogP contribution in [0, 0.1) is 5.82 Å². The highest BCUT2D eigenvalue weighted by Gasteiger charge is 2.27. The maximum atomic E-state index is 13.3. The predicted molar refractivity (Wildman–Crippen MR) is 87.7 cm³/mol. The molecule has 0 aliphatic carbocycles. The Morgan fingerprint density at radius 1 is 1.24 bits per heavy atom. The fourth-order valence-electron chi connectivity index (χ4n) is 2.98. The van der Waals surface area contributed by atoms with E-state index in [4.69, 9.17) is 5.11 Å². The summed E-state index contributed by atoms with van der Waals surface area (Å²) in [5.41, 5.74) is 0.767.